The van der Waals surface area contributed by atoms with Crippen LogP contribution in [-0.4, -0.2) is 31.7 Å². The molecule has 0 saturated carbocycles. The van der Waals surface area contributed by atoms with E-state index in [9.17, 15) is 4.79 Å². The third-order valence-electron chi connectivity index (χ3n) is 2.63. The predicted molar refractivity (Wildman–Crippen MR) is 52.9 cm³/mol. The Morgan fingerprint density at radius 1 is 1.50 bits per heavy atom. The molecule has 0 bridgehead atoms. The number of methoxy groups -OCH3 is 1. The molecule has 1 aliphatic rings. The Balaban J connectivity index is 2.65. The van der Waals surface area contributed by atoms with Crippen molar-refractivity contribution in [2.45, 2.75) is 31.8 Å². The van der Waals surface area contributed by atoms with Crippen LogP contribution in [0.5, 0.6) is 0 Å². The maximum atomic E-state index is 11.8. The lowest BCUT2D eigenvalue weighted by Gasteiger charge is -2.33. The highest BCUT2D eigenvalue weighted by Crippen LogP contribution is 2.26. The number of hydrogen-bond acceptors (Lipinski definition) is 3. The van der Waals surface area contributed by atoms with Crippen LogP contribution in [0.2, 0.25) is 0 Å². The van der Waals surface area contributed by atoms with Gasteiger partial charge in [-0.2, -0.15) is 0 Å². The van der Waals surface area contributed by atoms with Crippen molar-refractivity contribution in [2.75, 3.05) is 20.3 Å². The Kier molecular flexibility index (Phi) is 4.12. The van der Waals surface area contributed by atoms with Gasteiger partial charge in [-0.05, 0) is 6.92 Å². The fourth-order valence-corrected chi connectivity index (χ4v) is 1.63. The molecule has 14 heavy (non-hydrogen) atoms. The highest BCUT2D eigenvalue weighted by Gasteiger charge is 2.39. The Morgan fingerprint density at radius 3 is 2.64 bits per heavy atom. The van der Waals surface area contributed by atoms with Crippen molar-refractivity contribution in [3.05, 3.63) is 0 Å². The minimum Gasteiger partial charge on any atom is -0.381 e. The van der Waals surface area contributed by atoms with Crippen molar-refractivity contribution in [2.24, 2.45) is 0 Å². The average molecular weight is 196 g/mol. The molecule has 1 saturated heterocycles. The number of Topliss-reactive ketones (excluding diaryl/α,β-unsaturated/α-hetero) is 1. The van der Waals surface area contributed by atoms with E-state index in [1.165, 1.54) is 0 Å². The number of carbonyl (C=O) groups excluding carboxylic acids is 1. The fourth-order valence-electron chi connectivity index (χ4n) is 1.63. The summed E-state index contributed by atoms with van der Waals surface area (Å²) in [6.07, 6.45) is 1.58. The van der Waals surface area contributed by atoms with Crippen molar-refractivity contribution < 1.29 is 14.3 Å². The monoisotopic (exact) mass is 196 g/mol. The van der Waals surface area contributed by atoms with Gasteiger partial charge in [0.25, 0.3) is 0 Å². The highest BCUT2D eigenvalue weighted by molar-refractivity contribution is 5.89. The van der Waals surface area contributed by atoms with Gasteiger partial charge in [-0.25, -0.2) is 0 Å². The Hall–Kier alpha value is -0.850. The second-order valence-corrected chi connectivity index (χ2v) is 3.34. The maximum absolute atomic E-state index is 11.8. The lowest BCUT2D eigenvalue weighted by Crippen LogP contribution is -2.45. The summed E-state index contributed by atoms with van der Waals surface area (Å²) in [5.74, 6) is 5.59. The Morgan fingerprint density at radius 2 is 2.14 bits per heavy atom. The first-order valence-corrected chi connectivity index (χ1v) is 4.81. The standard InChI is InChI=1S/C11H16O3/c1-3-4-5-10(12)11(13-2)6-8-14-9-7-11/h5-9H2,1-2H3. The first-order chi connectivity index (χ1) is 6.75. The molecule has 78 valence electrons. The van der Waals surface area contributed by atoms with E-state index < -0.39 is 5.60 Å². The van der Waals surface area contributed by atoms with Crippen LogP contribution < -0.4 is 0 Å². The van der Waals surface area contributed by atoms with Crippen molar-refractivity contribution in [3.63, 3.8) is 0 Å². The van der Waals surface area contributed by atoms with E-state index in [1.54, 1.807) is 14.0 Å². The Labute approximate surface area is 84.8 Å². The molecule has 0 unspecified atom stereocenters. The summed E-state index contributed by atoms with van der Waals surface area (Å²) < 4.78 is 10.6. The molecule has 0 aromatic carbocycles. The van der Waals surface area contributed by atoms with Crippen molar-refractivity contribution in [1.29, 1.82) is 0 Å². The van der Waals surface area contributed by atoms with Gasteiger partial charge in [-0.3, -0.25) is 4.79 Å². The van der Waals surface area contributed by atoms with Crippen LogP contribution in [0.1, 0.15) is 26.2 Å². The van der Waals surface area contributed by atoms with E-state index in [0.717, 1.165) is 0 Å². The average Bonchev–Trinajstić information content (AvgIpc) is 2.26. The van der Waals surface area contributed by atoms with Crippen LogP contribution in [0, 0.1) is 11.8 Å². The summed E-state index contributed by atoms with van der Waals surface area (Å²) in [6, 6.07) is 0. The largest absolute Gasteiger partial charge is 0.381 e. The third kappa shape index (κ3) is 2.34. The zero-order chi connectivity index (χ0) is 10.4. The summed E-state index contributed by atoms with van der Waals surface area (Å²) in [5.41, 5.74) is -0.637. The molecule has 0 aliphatic carbocycles. The van der Waals surface area contributed by atoms with Gasteiger partial charge in [0.05, 0.1) is 6.42 Å². The molecule has 0 N–H and O–H groups in total. The van der Waals surface area contributed by atoms with Gasteiger partial charge in [-0.15, -0.1) is 5.92 Å². The first kappa shape index (κ1) is 11.2. The van der Waals surface area contributed by atoms with Crippen LogP contribution in [0.25, 0.3) is 0 Å². The van der Waals surface area contributed by atoms with Gasteiger partial charge in [0.1, 0.15) is 5.60 Å². The molecule has 1 fully saturated rings. The number of ketones is 1. The topological polar surface area (TPSA) is 35.5 Å². The minimum atomic E-state index is -0.637. The number of ether oxygens (including phenoxy) is 2. The number of hydrogen-bond donors (Lipinski definition) is 0. The van der Waals surface area contributed by atoms with Crippen LogP contribution in [0.4, 0.5) is 0 Å². The molecule has 0 radical (unpaired) electrons. The van der Waals surface area contributed by atoms with Gasteiger partial charge in [-0.1, -0.05) is 5.92 Å². The van der Waals surface area contributed by atoms with Gasteiger partial charge in [0.2, 0.25) is 0 Å². The fraction of sp³-hybridized carbons (Fsp3) is 0.727. The molecule has 0 spiro atoms. The summed E-state index contributed by atoms with van der Waals surface area (Å²) in [6.45, 7) is 2.93. The molecule has 0 amide bonds. The Bertz CT molecular complexity index is 253. The molecular formula is C11H16O3. The summed E-state index contributed by atoms with van der Waals surface area (Å²) in [4.78, 5) is 11.8. The highest BCUT2D eigenvalue weighted by atomic mass is 16.5. The number of rotatable bonds is 3. The van der Waals surface area contributed by atoms with Gasteiger partial charge >= 0.3 is 0 Å². The molecule has 0 aromatic rings. The van der Waals surface area contributed by atoms with E-state index in [4.69, 9.17) is 9.47 Å². The second-order valence-electron chi connectivity index (χ2n) is 3.34. The maximum Gasteiger partial charge on any atom is 0.176 e. The SMILES string of the molecule is CC#CCC(=O)C1(OC)CCOCC1. The van der Waals surface area contributed by atoms with Gasteiger partial charge in [0.15, 0.2) is 5.78 Å². The first-order valence-electron chi connectivity index (χ1n) is 4.81. The van der Waals surface area contributed by atoms with E-state index >= 15 is 0 Å². The third-order valence-corrected chi connectivity index (χ3v) is 2.63. The smallest absolute Gasteiger partial charge is 0.176 e. The summed E-state index contributed by atoms with van der Waals surface area (Å²) in [7, 11) is 1.59. The second kappa shape index (κ2) is 5.14. The summed E-state index contributed by atoms with van der Waals surface area (Å²) >= 11 is 0. The van der Waals surface area contributed by atoms with E-state index in [2.05, 4.69) is 11.8 Å². The summed E-state index contributed by atoms with van der Waals surface area (Å²) in [5, 5.41) is 0. The quantitative estimate of drug-likeness (QED) is 0.635. The molecule has 3 nitrogen and oxygen atoms in total. The molecule has 1 heterocycles. The normalized spacial score (nSPS) is 19.6. The van der Waals surface area contributed by atoms with Gasteiger partial charge < -0.3 is 9.47 Å². The molecular weight excluding hydrogens is 180 g/mol. The lowest BCUT2D eigenvalue weighted by atomic mass is 9.88. The van der Waals surface area contributed by atoms with Crippen LogP contribution in [0.15, 0.2) is 0 Å². The van der Waals surface area contributed by atoms with Crippen LogP contribution >= 0.6 is 0 Å². The van der Waals surface area contributed by atoms with Crippen molar-refractivity contribution in [3.8, 4) is 11.8 Å². The molecule has 0 aromatic heterocycles. The van der Waals surface area contributed by atoms with Crippen molar-refractivity contribution in [1.82, 2.24) is 0 Å². The predicted octanol–water partition coefficient (Wildman–Crippen LogP) is 1.16. The lowest BCUT2D eigenvalue weighted by molar-refractivity contribution is -0.151. The number of carbonyl (C=O) groups is 1. The van der Waals surface area contributed by atoms with E-state index in [1.807, 2.05) is 0 Å². The van der Waals surface area contributed by atoms with Crippen LogP contribution in [0.3, 0.4) is 0 Å². The zero-order valence-electron chi connectivity index (χ0n) is 8.76. The molecule has 1 aliphatic heterocycles. The molecule has 0 atom stereocenters. The van der Waals surface area contributed by atoms with Gasteiger partial charge in [0, 0.05) is 33.2 Å². The van der Waals surface area contributed by atoms with Crippen LogP contribution in [-0.2, 0) is 14.3 Å². The zero-order valence-corrected chi connectivity index (χ0v) is 8.76. The molecule has 3 heteroatoms. The van der Waals surface area contributed by atoms with Crippen molar-refractivity contribution >= 4 is 5.78 Å². The van der Waals surface area contributed by atoms with E-state index in [0.29, 0.717) is 26.1 Å². The minimum absolute atomic E-state index is 0.0812. The molecule has 1 rings (SSSR count). The van der Waals surface area contributed by atoms with E-state index in [-0.39, 0.29) is 12.2 Å².